The summed E-state index contributed by atoms with van der Waals surface area (Å²) in [5.41, 5.74) is 7.37. The van der Waals surface area contributed by atoms with Crippen molar-refractivity contribution in [2.45, 2.75) is 32.2 Å². The number of carbonyl (C=O) groups is 1. The van der Waals surface area contributed by atoms with Crippen molar-refractivity contribution in [1.29, 1.82) is 0 Å². The molecule has 2 heterocycles. The summed E-state index contributed by atoms with van der Waals surface area (Å²) < 4.78 is 25.5. The molecule has 1 aliphatic heterocycles. The maximum atomic E-state index is 14.5. The van der Waals surface area contributed by atoms with Crippen molar-refractivity contribution >= 4 is 5.91 Å². The largest absolute Gasteiger partial charge is 0.457 e. The van der Waals surface area contributed by atoms with Crippen molar-refractivity contribution < 1.29 is 18.4 Å². The molecule has 156 valence electrons. The number of benzene rings is 2. The number of aryl methyl sites for hydroxylation is 1. The molecule has 6 nitrogen and oxygen atoms in total. The van der Waals surface area contributed by atoms with Crippen LogP contribution in [0.15, 0.2) is 53.1 Å². The zero-order chi connectivity index (χ0) is 21.1. The lowest BCUT2D eigenvalue weighted by atomic mass is 10.1. The lowest BCUT2D eigenvalue weighted by Gasteiger charge is -2.23. The number of likely N-dealkylation sites (tertiary alicyclic amines) is 1. The van der Waals surface area contributed by atoms with E-state index in [0.29, 0.717) is 36.0 Å². The number of hydrogen-bond acceptors (Lipinski definition) is 5. The topological polar surface area (TPSA) is 81.6 Å². The highest BCUT2D eigenvalue weighted by Crippen LogP contribution is 2.34. The third-order valence-electron chi connectivity index (χ3n) is 5.26. The molecule has 0 aliphatic carbocycles. The highest BCUT2D eigenvalue weighted by atomic mass is 19.1. The lowest BCUT2D eigenvalue weighted by molar-refractivity contribution is 0.0725. The summed E-state index contributed by atoms with van der Waals surface area (Å²) in [5, 5.41) is 4.04. The maximum absolute atomic E-state index is 14.5. The molecule has 2 aromatic carbocycles. The second-order valence-corrected chi connectivity index (χ2v) is 7.45. The molecule has 30 heavy (non-hydrogen) atoms. The zero-order valence-corrected chi connectivity index (χ0v) is 16.8. The number of ether oxygens (including phenoxy) is 1. The minimum atomic E-state index is -0.576. The van der Waals surface area contributed by atoms with Gasteiger partial charge in [-0.3, -0.25) is 4.79 Å². The number of nitrogens with zero attached hydrogens (tertiary/aromatic N) is 2. The maximum Gasteiger partial charge on any atom is 0.257 e. The Balaban J connectivity index is 1.54. The van der Waals surface area contributed by atoms with Gasteiger partial charge in [-0.05, 0) is 68.6 Å². The normalized spacial score (nSPS) is 16.1. The Morgan fingerprint density at radius 2 is 2.00 bits per heavy atom. The zero-order valence-electron chi connectivity index (χ0n) is 16.8. The number of amides is 1. The van der Waals surface area contributed by atoms with Gasteiger partial charge in [0.05, 0.1) is 11.6 Å². The number of hydrogen-bond donors (Lipinski definition) is 1. The minimum absolute atomic E-state index is 0.0145. The van der Waals surface area contributed by atoms with Gasteiger partial charge in [-0.15, -0.1) is 0 Å². The van der Waals surface area contributed by atoms with E-state index in [4.69, 9.17) is 15.0 Å². The molecule has 2 N–H and O–H groups in total. The Labute approximate surface area is 174 Å². The van der Waals surface area contributed by atoms with E-state index in [1.54, 1.807) is 11.8 Å². The van der Waals surface area contributed by atoms with E-state index in [9.17, 15) is 9.18 Å². The summed E-state index contributed by atoms with van der Waals surface area (Å²) in [5.74, 6) is 0.743. The van der Waals surface area contributed by atoms with Gasteiger partial charge in [0.2, 0.25) is 0 Å². The lowest BCUT2D eigenvalue weighted by Crippen LogP contribution is -2.31. The second-order valence-electron chi connectivity index (χ2n) is 7.45. The van der Waals surface area contributed by atoms with Crippen LogP contribution in [0.3, 0.4) is 0 Å². The molecule has 0 bridgehead atoms. The molecule has 1 amide bonds. The first-order valence-electron chi connectivity index (χ1n) is 10.1. The highest BCUT2D eigenvalue weighted by Gasteiger charge is 2.33. The predicted molar refractivity (Wildman–Crippen MR) is 110 cm³/mol. The number of aromatic nitrogens is 1. The van der Waals surface area contributed by atoms with Crippen molar-refractivity contribution in [1.82, 2.24) is 10.1 Å². The summed E-state index contributed by atoms with van der Waals surface area (Å²) in [6, 6.07) is 13.4. The summed E-state index contributed by atoms with van der Waals surface area (Å²) in [6.45, 7) is 2.93. The summed E-state index contributed by atoms with van der Waals surface area (Å²) >= 11 is 0. The Bertz CT molecular complexity index is 1030. The van der Waals surface area contributed by atoms with Crippen LogP contribution in [0, 0.1) is 12.7 Å². The van der Waals surface area contributed by atoms with E-state index in [-0.39, 0.29) is 17.5 Å². The molecular formula is C23H24FN3O3. The van der Waals surface area contributed by atoms with Crippen LogP contribution < -0.4 is 10.5 Å². The predicted octanol–water partition coefficient (Wildman–Crippen LogP) is 4.39. The molecule has 1 saturated heterocycles. The molecule has 3 aromatic rings. The molecule has 1 unspecified atom stereocenters. The molecule has 4 rings (SSSR count). The molecular weight excluding hydrogens is 385 g/mol. The Hall–Kier alpha value is -3.19. The van der Waals surface area contributed by atoms with Crippen LogP contribution in [0.2, 0.25) is 0 Å². The van der Waals surface area contributed by atoms with Crippen LogP contribution in [0.25, 0.3) is 0 Å². The Morgan fingerprint density at radius 1 is 1.23 bits per heavy atom. The fraction of sp³-hybridized carbons (Fsp3) is 0.304. The van der Waals surface area contributed by atoms with E-state index in [0.717, 1.165) is 24.8 Å². The van der Waals surface area contributed by atoms with Gasteiger partial charge in [-0.2, -0.15) is 0 Å². The molecule has 7 heteroatoms. The van der Waals surface area contributed by atoms with Crippen LogP contribution in [0.4, 0.5) is 4.39 Å². The first-order valence-corrected chi connectivity index (χ1v) is 10.1. The van der Waals surface area contributed by atoms with Crippen molar-refractivity contribution in [3.63, 3.8) is 0 Å². The second kappa shape index (κ2) is 8.67. The molecule has 0 radical (unpaired) electrons. The smallest absolute Gasteiger partial charge is 0.257 e. The van der Waals surface area contributed by atoms with Gasteiger partial charge in [0, 0.05) is 12.6 Å². The van der Waals surface area contributed by atoms with Crippen LogP contribution in [-0.2, 0) is 6.42 Å². The number of rotatable bonds is 6. The van der Waals surface area contributed by atoms with Crippen molar-refractivity contribution in [3.8, 4) is 11.5 Å². The number of halogens is 1. The molecule has 1 atom stereocenters. The molecule has 0 spiro atoms. The third-order valence-corrected chi connectivity index (χ3v) is 5.26. The SMILES string of the molecule is Cc1cc(C2CCCN2C(=O)c2cc(Oc3ccc(CCN)cc3)ccc2F)no1. The van der Waals surface area contributed by atoms with Gasteiger partial charge in [-0.25, -0.2) is 4.39 Å². The first-order chi connectivity index (χ1) is 14.5. The van der Waals surface area contributed by atoms with E-state index in [1.165, 1.54) is 18.2 Å². The monoisotopic (exact) mass is 409 g/mol. The highest BCUT2D eigenvalue weighted by molar-refractivity contribution is 5.95. The van der Waals surface area contributed by atoms with Gasteiger partial charge < -0.3 is 19.9 Å². The van der Waals surface area contributed by atoms with Crippen LogP contribution in [0.1, 0.15) is 46.3 Å². The summed E-state index contributed by atoms with van der Waals surface area (Å²) in [4.78, 5) is 14.8. The molecule has 1 fully saturated rings. The Morgan fingerprint density at radius 3 is 2.70 bits per heavy atom. The Kier molecular flexibility index (Phi) is 5.81. The van der Waals surface area contributed by atoms with E-state index in [1.807, 2.05) is 30.3 Å². The summed E-state index contributed by atoms with van der Waals surface area (Å²) in [7, 11) is 0. The van der Waals surface area contributed by atoms with Gasteiger partial charge in [0.1, 0.15) is 28.8 Å². The van der Waals surface area contributed by atoms with Crippen LogP contribution in [0.5, 0.6) is 11.5 Å². The quantitative estimate of drug-likeness (QED) is 0.653. The van der Waals surface area contributed by atoms with Crippen molar-refractivity contribution in [2.75, 3.05) is 13.1 Å². The van der Waals surface area contributed by atoms with E-state index in [2.05, 4.69) is 5.16 Å². The van der Waals surface area contributed by atoms with Gasteiger partial charge in [-0.1, -0.05) is 17.3 Å². The van der Waals surface area contributed by atoms with Gasteiger partial charge in [0.25, 0.3) is 5.91 Å². The molecule has 1 aromatic heterocycles. The number of carbonyl (C=O) groups excluding carboxylic acids is 1. The fourth-order valence-corrected chi connectivity index (χ4v) is 3.77. The minimum Gasteiger partial charge on any atom is -0.457 e. The van der Waals surface area contributed by atoms with Crippen LogP contribution in [-0.4, -0.2) is 29.1 Å². The van der Waals surface area contributed by atoms with Gasteiger partial charge in [0.15, 0.2) is 0 Å². The average molecular weight is 409 g/mol. The van der Waals surface area contributed by atoms with Crippen molar-refractivity contribution in [3.05, 3.63) is 76.9 Å². The van der Waals surface area contributed by atoms with Crippen molar-refractivity contribution in [2.24, 2.45) is 5.73 Å². The standard InChI is InChI=1S/C23H24FN3O3/c1-15-13-21(26-30-15)22-3-2-12-27(22)23(28)19-14-18(8-9-20(19)24)29-17-6-4-16(5-7-17)10-11-25/h4-9,13-14,22H,2-3,10-12,25H2,1H3. The van der Waals surface area contributed by atoms with E-state index < -0.39 is 5.82 Å². The fourth-order valence-electron chi connectivity index (χ4n) is 3.77. The molecule has 1 aliphatic rings. The first kappa shape index (κ1) is 20.1. The summed E-state index contributed by atoms with van der Waals surface area (Å²) in [6.07, 6.45) is 2.39. The van der Waals surface area contributed by atoms with Gasteiger partial charge >= 0.3 is 0 Å². The number of nitrogens with two attached hydrogens (primary N) is 1. The molecule has 0 saturated carbocycles. The van der Waals surface area contributed by atoms with Crippen LogP contribution >= 0.6 is 0 Å². The van der Waals surface area contributed by atoms with E-state index >= 15 is 0 Å². The average Bonchev–Trinajstić information content (AvgIpc) is 3.39. The third kappa shape index (κ3) is 4.21.